The minimum absolute atomic E-state index is 0. The number of hydrogen-bond acceptors (Lipinski definition) is 16. The highest BCUT2D eigenvalue weighted by molar-refractivity contribution is 5.80. The van der Waals surface area contributed by atoms with E-state index in [-0.39, 0.29) is 205 Å². The van der Waals surface area contributed by atoms with Crippen molar-refractivity contribution >= 4 is 47.8 Å². The molecule has 11 saturated carbocycles. The molecule has 0 aromatic heterocycles. The van der Waals surface area contributed by atoms with Gasteiger partial charge in [0, 0.05) is 18.8 Å². The van der Waals surface area contributed by atoms with Crippen LogP contribution in [0.4, 0.5) is 0 Å². The zero-order valence-corrected chi connectivity index (χ0v) is 77.7. The van der Waals surface area contributed by atoms with Crippen molar-refractivity contribution in [1.29, 1.82) is 0 Å². The third-order valence-corrected chi connectivity index (χ3v) is 30.0. The Hall–Kier alpha value is -4.50. The molecule has 0 N–H and O–H groups in total. The van der Waals surface area contributed by atoms with Crippen LogP contribution < -0.4 is 0 Å². The van der Waals surface area contributed by atoms with E-state index in [9.17, 15) is 38.4 Å². The van der Waals surface area contributed by atoms with Gasteiger partial charge >= 0.3 is 47.8 Å². The highest BCUT2D eigenvalue weighted by atomic mass is 16.6. The highest BCUT2D eigenvalue weighted by Gasteiger charge is 2.70. The first-order chi connectivity index (χ1) is 51.0. The van der Waals surface area contributed by atoms with Crippen molar-refractivity contribution in [1.82, 2.24) is 0 Å². The van der Waals surface area contributed by atoms with Gasteiger partial charge in [0.2, 0.25) is 0 Å². The summed E-state index contributed by atoms with van der Waals surface area (Å²) in [4.78, 5) is 97.9. The predicted molar refractivity (Wildman–Crippen MR) is 528 cm³/mol. The Morgan fingerprint density at radius 2 is 0.766 bits per heavy atom. The van der Waals surface area contributed by atoms with E-state index in [0.717, 1.165) is 120 Å². The Morgan fingerprint density at radius 1 is 0.379 bits per heavy atom. The average molecular weight is 1770 g/mol. The summed E-state index contributed by atoms with van der Waals surface area (Å²) in [5.41, 5.74) is -4.52. The molecule has 16 heteroatoms. The van der Waals surface area contributed by atoms with Gasteiger partial charge in [-0.1, -0.05) is 171 Å². The Balaban J connectivity index is -0.000000217. The van der Waals surface area contributed by atoms with E-state index in [2.05, 4.69) is 53.7 Å². The Bertz CT molecular complexity index is 3210. The molecule has 0 saturated heterocycles. The first kappa shape index (κ1) is 135. The molecule has 10 bridgehead atoms. The maximum atomic E-state index is 13.0. The van der Waals surface area contributed by atoms with Crippen molar-refractivity contribution in [2.24, 2.45) is 102 Å². The molecule has 124 heavy (non-hydrogen) atoms. The fraction of sp³-hybridized carbons (Fsp3) is 0.907. The summed E-state index contributed by atoms with van der Waals surface area (Å²) < 4.78 is 45.8. The van der Waals surface area contributed by atoms with Crippen LogP contribution in [0.5, 0.6) is 0 Å². The number of allylic oxidation sites excluding steroid dienone is 1. The molecule has 12 aliphatic carbocycles. The summed E-state index contributed by atoms with van der Waals surface area (Å²) in [6.45, 7) is 66.4. The number of esters is 8. The Labute approximate surface area is 770 Å². The van der Waals surface area contributed by atoms with Gasteiger partial charge in [0.15, 0.2) is 0 Å². The van der Waals surface area contributed by atoms with Crippen molar-refractivity contribution in [3.63, 3.8) is 0 Å². The number of fused-ring (bicyclic) bond motifs is 1. The Morgan fingerprint density at radius 3 is 1.16 bits per heavy atom. The van der Waals surface area contributed by atoms with Gasteiger partial charge in [-0.2, -0.15) is 0 Å². The third kappa shape index (κ3) is 33.4. The summed E-state index contributed by atoms with van der Waals surface area (Å²) in [6, 6.07) is 0. The van der Waals surface area contributed by atoms with Gasteiger partial charge in [-0.15, -0.1) is 0 Å². The zero-order chi connectivity index (χ0) is 85.7. The number of carbonyl (C=O) groups is 8. The lowest BCUT2D eigenvalue weighted by Crippen LogP contribution is -2.61. The summed E-state index contributed by atoms with van der Waals surface area (Å²) in [6.07, 6.45) is 30.8. The summed E-state index contributed by atoms with van der Waals surface area (Å²) >= 11 is 0. The zero-order valence-electron chi connectivity index (χ0n) is 77.7. The molecule has 11 fully saturated rings. The molecule has 0 aromatic carbocycles. The van der Waals surface area contributed by atoms with Crippen LogP contribution in [-0.4, -0.2) is 93.6 Å². The molecule has 0 radical (unpaired) electrons. The average Bonchev–Trinajstić information content (AvgIpc) is 1.51. The molecule has 8 unspecified atom stereocenters. The second-order valence-electron chi connectivity index (χ2n) is 44.7. The molecule has 0 amide bonds. The van der Waals surface area contributed by atoms with Crippen LogP contribution in [0.2, 0.25) is 0 Å². The van der Waals surface area contributed by atoms with Crippen LogP contribution >= 0.6 is 0 Å². The lowest BCUT2D eigenvalue weighted by atomic mass is 9.48. The minimum atomic E-state index is -0.489. The summed E-state index contributed by atoms with van der Waals surface area (Å²) in [5, 5.41) is 0. The summed E-state index contributed by atoms with van der Waals surface area (Å²) in [7, 11) is 0. The molecule has 12 rings (SSSR count). The number of ether oxygens (including phenoxy) is 8. The molecule has 12 aliphatic rings. The van der Waals surface area contributed by atoms with Gasteiger partial charge in [-0.25, -0.2) is 0 Å². The highest BCUT2D eigenvalue weighted by Crippen LogP contribution is 2.74. The maximum Gasteiger partial charge on any atom is 0.312 e. The van der Waals surface area contributed by atoms with Crippen molar-refractivity contribution in [3.8, 4) is 0 Å². The quantitative estimate of drug-likeness (QED) is 0.0560. The number of hydrogen-bond donors (Lipinski definition) is 0. The van der Waals surface area contributed by atoms with Crippen LogP contribution in [-0.2, 0) is 76.3 Å². The van der Waals surface area contributed by atoms with Crippen molar-refractivity contribution in [3.05, 3.63) is 12.2 Å². The van der Waals surface area contributed by atoms with Crippen LogP contribution in [0.25, 0.3) is 0 Å². The van der Waals surface area contributed by atoms with Gasteiger partial charge in [-0.05, 0) is 372 Å². The van der Waals surface area contributed by atoms with Gasteiger partial charge in [0.25, 0.3) is 0 Å². The van der Waals surface area contributed by atoms with Gasteiger partial charge < -0.3 is 37.9 Å². The van der Waals surface area contributed by atoms with E-state index >= 15 is 0 Å². The molecule has 0 aliphatic heterocycles. The molecular weight excluding hydrogens is 1550 g/mol. The van der Waals surface area contributed by atoms with Crippen LogP contribution in [0.1, 0.15) is 491 Å². The standard InChI is InChI=1S/C21H34O4.C21H36O2.C20H32O4.C13H22O2.C11H22O2.C10H20O2.12CH4/c1-7-19(5,6)16(22)25-21-11-14-8-15(12-21)10-20(9-14,13-21)17(23)24-18(2,3)4;1-8-18(3,4)17(22)23-20(7)11-12-21-13-16(20)19(5,6)15(21)10-9-14(21)2;1-5-19(2,3)18(22)23-7-6-17(21)24-20(4)15-9-13-8-14(11-15)12-16(20)10-13;1-5-12(2,3)11(14)15-13(4)9-7-6-8-10-13;1-7-10(3,4)9(12)13-11(5,6)8-2;1-7-10(5,6)8(11)12-9(2,3)4;;;;;;;;;;;;/h14-15H,7-13H2,1-6H3;14-16H,8-13H2,1-7H3;13-16H,5-12H2,1-4H3;6-7H,5,8-10H2,1-4H3;7-8H2,1-6H3;7H2,1-6H3;12*1H4. The van der Waals surface area contributed by atoms with Crippen molar-refractivity contribution < 1.29 is 76.3 Å². The Kier molecular flexibility index (Phi) is 54.7. The second kappa shape index (κ2) is 50.2. The van der Waals surface area contributed by atoms with E-state index in [1.807, 2.05) is 187 Å². The number of carbonyl (C=O) groups excluding carboxylic acids is 8. The lowest BCUT2D eigenvalue weighted by Gasteiger charge is -2.60. The van der Waals surface area contributed by atoms with E-state index in [1.54, 1.807) is 0 Å². The fourth-order valence-electron chi connectivity index (χ4n) is 19.7. The maximum absolute atomic E-state index is 13.0. The second-order valence-corrected chi connectivity index (χ2v) is 44.7. The SMILES string of the molecule is C.C.C.C.C.C.C.C.C.C.C.C.CCC(C)(C)C(=O)OC(C)(C)C.CCC(C)(C)C(=O)OC1(C)CC=CCC1.CCC(C)(C)C(=O)OC1(C)CCC23CC1C(C)(C)C2CCC3C.CCC(C)(C)C(=O)OC12CC3CC(C1)CC(C(=O)OC(C)(C)C)(C3)C2.CCC(C)(C)C(=O)OCCC(=O)OC1(C)C2CC3CC(C2)CC1C3.CCC(C)(C)OC(=O)C(C)(C)CC. The van der Waals surface area contributed by atoms with Gasteiger partial charge in [0.1, 0.15) is 45.8 Å². The normalized spacial score (nSPS) is 28.8. The molecule has 8 atom stereocenters. The molecular formula is C108H214O16. The van der Waals surface area contributed by atoms with Crippen LogP contribution in [0.3, 0.4) is 0 Å². The first-order valence-electron chi connectivity index (χ1n) is 44.4. The van der Waals surface area contributed by atoms with Gasteiger partial charge in [-0.3, -0.25) is 38.4 Å². The van der Waals surface area contributed by atoms with E-state index in [0.29, 0.717) is 41.4 Å². The molecule has 0 aromatic rings. The van der Waals surface area contributed by atoms with Crippen molar-refractivity contribution in [2.75, 3.05) is 6.61 Å². The van der Waals surface area contributed by atoms with E-state index in [4.69, 9.17) is 37.9 Å². The van der Waals surface area contributed by atoms with Gasteiger partial charge in [0.05, 0.1) is 44.3 Å². The fourth-order valence-corrected chi connectivity index (χ4v) is 19.7. The minimum Gasteiger partial charge on any atom is -0.465 e. The number of rotatable bonds is 22. The van der Waals surface area contributed by atoms with Crippen LogP contribution in [0.15, 0.2) is 12.2 Å². The molecule has 742 valence electrons. The molecule has 1 spiro atoms. The first-order valence-corrected chi connectivity index (χ1v) is 44.4. The van der Waals surface area contributed by atoms with Crippen molar-refractivity contribution in [2.45, 2.75) is 530 Å². The third-order valence-electron chi connectivity index (χ3n) is 30.0. The smallest absolute Gasteiger partial charge is 0.312 e. The van der Waals surface area contributed by atoms with E-state index in [1.165, 1.54) is 64.2 Å². The monoisotopic (exact) mass is 1770 g/mol. The predicted octanol–water partition coefficient (Wildman–Crippen LogP) is 31.4. The largest absolute Gasteiger partial charge is 0.465 e. The molecule has 16 nitrogen and oxygen atoms in total. The lowest BCUT2D eigenvalue weighted by molar-refractivity contribution is -0.222. The topological polar surface area (TPSA) is 210 Å². The molecule has 0 heterocycles. The summed E-state index contributed by atoms with van der Waals surface area (Å²) in [5.74, 6) is 4.96. The van der Waals surface area contributed by atoms with E-state index < -0.39 is 27.4 Å². The van der Waals surface area contributed by atoms with Crippen LogP contribution in [0, 0.1) is 102 Å².